The minimum atomic E-state index is -0.0446. The van der Waals surface area contributed by atoms with Crippen LogP contribution < -0.4 is 0 Å². The van der Waals surface area contributed by atoms with E-state index in [9.17, 15) is 5.11 Å². The van der Waals surface area contributed by atoms with Gasteiger partial charge >= 0.3 is 0 Å². The highest BCUT2D eigenvalue weighted by Gasteiger charge is 2.09. The molecule has 1 rings (SSSR count). The van der Waals surface area contributed by atoms with Crippen LogP contribution in [-0.2, 0) is 0 Å². The van der Waals surface area contributed by atoms with Crippen molar-refractivity contribution in [3.63, 3.8) is 0 Å². The summed E-state index contributed by atoms with van der Waals surface area (Å²) in [5.74, 6) is 2.61. The molecule has 1 heterocycles. The fraction of sp³-hybridized carbons (Fsp3) is 1.00. The highest BCUT2D eigenvalue weighted by Crippen LogP contribution is 2.12. The summed E-state index contributed by atoms with van der Waals surface area (Å²) in [5.41, 5.74) is 0. The molecule has 2 nitrogen and oxygen atoms in total. The molecular weight excluding hydrogens is 218 g/mol. The van der Waals surface area contributed by atoms with Crippen LogP contribution in [0.25, 0.3) is 0 Å². The van der Waals surface area contributed by atoms with Crippen LogP contribution in [-0.4, -0.2) is 47.3 Å². The van der Waals surface area contributed by atoms with Gasteiger partial charge in [-0.25, -0.2) is 0 Å². The molecule has 1 saturated heterocycles. The topological polar surface area (TPSA) is 23.5 Å². The van der Waals surface area contributed by atoms with Gasteiger partial charge in [0.2, 0.25) is 0 Å². The summed E-state index contributed by atoms with van der Waals surface area (Å²) in [5, 5.41) is 9.70. The Balaban J connectivity index is 1.90. The van der Waals surface area contributed by atoms with Crippen LogP contribution in [0.4, 0.5) is 0 Å². The van der Waals surface area contributed by atoms with Crippen molar-refractivity contribution < 1.29 is 5.11 Å². The highest BCUT2D eigenvalue weighted by molar-refractivity contribution is 7.99. The van der Waals surface area contributed by atoms with E-state index in [1.807, 2.05) is 0 Å². The first kappa shape index (κ1) is 14.3. The second-order valence-electron chi connectivity index (χ2n) is 4.75. The van der Waals surface area contributed by atoms with Crippen molar-refractivity contribution in [2.75, 3.05) is 31.1 Å². The number of hydrogen-bond acceptors (Lipinski definition) is 3. The zero-order valence-corrected chi connectivity index (χ0v) is 11.5. The second kappa shape index (κ2) is 9.32. The Morgan fingerprint density at radius 3 is 2.50 bits per heavy atom. The van der Waals surface area contributed by atoms with Gasteiger partial charge in [-0.05, 0) is 32.2 Å². The molecule has 0 aliphatic carbocycles. The number of aliphatic hydroxyl groups excluding tert-OH is 1. The van der Waals surface area contributed by atoms with Crippen molar-refractivity contribution in [2.24, 2.45) is 0 Å². The van der Waals surface area contributed by atoms with E-state index in [-0.39, 0.29) is 6.10 Å². The summed E-state index contributed by atoms with van der Waals surface area (Å²) in [4.78, 5) is 2.56. The highest BCUT2D eigenvalue weighted by atomic mass is 32.2. The van der Waals surface area contributed by atoms with Gasteiger partial charge in [-0.15, -0.1) is 0 Å². The molecule has 0 radical (unpaired) electrons. The molecule has 0 bridgehead atoms. The summed E-state index contributed by atoms with van der Waals surface area (Å²) in [6, 6.07) is 0. The summed E-state index contributed by atoms with van der Waals surface area (Å²) in [7, 11) is 0. The van der Waals surface area contributed by atoms with Gasteiger partial charge in [-0.2, -0.15) is 11.8 Å². The van der Waals surface area contributed by atoms with Crippen LogP contribution in [0.1, 0.15) is 45.4 Å². The van der Waals surface area contributed by atoms with E-state index in [4.69, 9.17) is 0 Å². The largest absolute Gasteiger partial charge is 0.393 e. The standard InChI is InChI=1S/C13H27NOS/c1-2-3-6-13(15)7-4-5-8-14-9-11-16-12-10-14/h13,15H,2-12H2,1H3/t13-/m1/s1. The average Bonchev–Trinajstić information content (AvgIpc) is 2.33. The van der Waals surface area contributed by atoms with Gasteiger partial charge < -0.3 is 10.0 Å². The van der Waals surface area contributed by atoms with E-state index < -0.39 is 0 Å². The Morgan fingerprint density at radius 2 is 1.81 bits per heavy atom. The molecule has 0 saturated carbocycles. The van der Waals surface area contributed by atoms with Crippen molar-refractivity contribution in [3.05, 3.63) is 0 Å². The molecule has 0 amide bonds. The number of hydrogen-bond donors (Lipinski definition) is 1. The summed E-state index contributed by atoms with van der Waals surface area (Å²) in [6.07, 6.45) is 6.77. The SMILES string of the molecule is CCCC[C@@H](O)CCCCN1CCSCC1. The molecule has 0 spiro atoms. The maximum absolute atomic E-state index is 9.70. The van der Waals surface area contributed by atoms with Gasteiger partial charge in [0.15, 0.2) is 0 Å². The van der Waals surface area contributed by atoms with Crippen LogP contribution in [0.5, 0.6) is 0 Å². The van der Waals surface area contributed by atoms with E-state index in [0.717, 1.165) is 12.8 Å². The van der Waals surface area contributed by atoms with Crippen LogP contribution >= 0.6 is 11.8 Å². The van der Waals surface area contributed by atoms with Crippen molar-refractivity contribution in [2.45, 2.75) is 51.6 Å². The van der Waals surface area contributed by atoms with E-state index >= 15 is 0 Å². The maximum Gasteiger partial charge on any atom is 0.0540 e. The molecule has 1 N–H and O–H groups in total. The van der Waals surface area contributed by atoms with Gasteiger partial charge in [0.05, 0.1) is 6.10 Å². The first-order valence-corrected chi connectivity index (χ1v) is 7.96. The van der Waals surface area contributed by atoms with Crippen LogP contribution in [0.3, 0.4) is 0 Å². The Bertz CT molecular complexity index is 160. The summed E-state index contributed by atoms with van der Waals surface area (Å²) >= 11 is 2.07. The Labute approximate surface area is 105 Å². The molecule has 1 aliphatic rings. The molecule has 16 heavy (non-hydrogen) atoms. The van der Waals surface area contributed by atoms with Gasteiger partial charge in [0, 0.05) is 24.6 Å². The lowest BCUT2D eigenvalue weighted by molar-refractivity contribution is 0.146. The lowest BCUT2D eigenvalue weighted by Crippen LogP contribution is -2.33. The Hall–Kier alpha value is 0.270. The third-order valence-electron chi connectivity index (χ3n) is 3.26. The molecular formula is C13H27NOS. The lowest BCUT2D eigenvalue weighted by atomic mass is 10.1. The second-order valence-corrected chi connectivity index (χ2v) is 5.97. The monoisotopic (exact) mass is 245 g/mol. The van der Waals surface area contributed by atoms with Crippen molar-refractivity contribution in [1.82, 2.24) is 4.90 Å². The van der Waals surface area contributed by atoms with Crippen LogP contribution in [0.2, 0.25) is 0 Å². The molecule has 1 atom stereocenters. The molecule has 1 aliphatic heterocycles. The van der Waals surface area contributed by atoms with E-state index in [2.05, 4.69) is 23.6 Å². The zero-order chi connectivity index (χ0) is 11.6. The lowest BCUT2D eigenvalue weighted by Gasteiger charge is -2.26. The van der Waals surface area contributed by atoms with Gasteiger partial charge in [0.1, 0.15) is 0 Å². The number of rotatable bonds is 8. The molecule has 0 aromatic carbocycles. The summed E-state index contributed by atoms with van der Waals surface area (Å²) in [6.45, 7) is 5.95. The third-order valence-corrected chi connectivity index (χ3v) is 4.20. The fourth-order valence-corrected chi connectivity index (χ4v) is 3.10. The predicted molar refractivity (Wildman–Crippen MR) is 73.1 cm³/mol. The van der Waals surface area contributed by atoms with Gasteiger partial charge in [0.25, 0.3) is 0 Å². The van der Waals surface area contributed by atoms with Crippen molar-refractivity contribution in [3.8, 4) is 0 Å². The average molecular weight is 245 g/mol. The predicted octanol–water partition coefficient (Wildman–Crippen LogP) is 2.76. The number of thioether (sulfide) groups is 1. The minimum absolute atomic E-state index is 0.0446. The smallest absolute Gasteiger partial charge is 0.0540 e. The normalized spacial score (nSPS) is 19.9. The third kappa shape index (κ3) is 6.77. The summed E-state index contributed by atoms with van der Waals surface area (Å²) < 4.78 is 0. The van der Waals surface area contributed by atoms with E-state index in [1.54, 1.807) is 0 Å². The molecule has 0 aromatic rings. The molecule has 1 fully saturated rings. The zero-order valence-electron chi connectivity index (χ0n) is 10.7. The van der Waals surface area contributed by atoms with Crippen molar-refractivity contribution >= 4 is 11.8 Å². The Kier molecular flexibility index (Phi) is 8.34. The molecule has 0 aromatic heterocycles. The quantitative estimate of drug-likeness (QED) is 0.665. The van der Waals surface area contributed by atoms with Gasteiger partial charge in [-0.1, -0.05) is 19.8 Å². The van der Waals surface area contributed by atoms with E-state index in [0.29, 0.717) is 0 Å². The molecule has 3 heteroatoms. The minimum Gasteiger partial charge on any atom is -0.393 e. The van der Waals surface area contributed by atoms with E-state index in [1.165, 1.54) is 56.8 Å². The molecule has 96 valence electrons. The number of unbranched alkanes of at least 4 members (excludes halogenated alkanes) is 2. The number of nitrogens with zero attached hydrogens (tertiary/aromatic N) is 1. The fourth-order valence-electron chi connectivity index (χ4n) is 2.12. The van der Waals surface area contributed by atoms with Crippen molar-refractivity contribution in [1.29, 1.82) is 0 Å². The van der Waals surface area contributed by atoms with Crippen LogP contribution in [0, 0.1) is 0 Å². The first-order chi connectivity index (χ1) is 7.83. The Morgan fingerprint density at radius 1 is 1.12 bits per heavy atom. The molecule has 0 unspecified atom stereocenters. The first-order valence-electron chi connectivity index (χ1n) is 6.81. The van der Waals surface area contributed by atoms with Gasteiger partial charge in [-0.3, -0.25) is 0 Å². The van der Waals surface area contributed by atoms with Crippen LogP contribution in [0.15, 0.2) is 0 Å². The maximum atomic E-state index is 9.70. The number of aliphatic hydroxyl groups is 1.